The molecule has 5 heterocycles. The molecule has 1 aliphatic carbocycles. The molecule has 58 heavy (non-hydrogen) atoms. The lowest BCUT2D eigenvalue weighted by Crippen LogP contribution is -2.58. The Kier molecular flexibility index (Phi) is 12.0. The third kappa shape index (κ3) is 8.58. The minimum absolute atomic E-state index is 0.112. The Labute approximate surface area is 341 Å². The van der Waals surface area contributed by atoms with Crippen molar-refractivity contribution >= 4 is 27.4 Å². The highest BCUT2D eigenvalue weighted by molar-refractivity contribution is 7.92. The number of piperidine rings is 1. The molecule has 14 heteroatoms. The van der Waals surface area contributed by atoms with Crippen molar-refractivity contribution in [2.24, 2.45) is 23.7 Å². The Balaban J connectivity index is 0.837. The predicted molar refractivity (Wildman–Crippen MR) is 216 cm³/mol. The number of esters is 1. The smallest absolute Gasteiger partial charge is 0.305 e. The molecule has 0 radical (unpaired) electrons. The van der Waals surface area contributed by atoms with Gasteiger partial charge in [0.1, 0.15) is 11.1 Å². The van der Waals surface area contributed by atoms with Gasteiger partial charge in [0, 0.05) is 75.3 Å². The van der Waals surface area contributed by atoms with E-state index < -0.39 is 21.0 Å². The molecule has 0 spiro atoms. The standard InChI is InChI=1S/C44H58F3N5O5S/c1-57-42(54)22-33-6-2-9-40(33)44(31-49-18-5-19-49,35-7-3-8-36(45)23-35)34-15-20-48(21-16-34)24-32-25-51(26-32)37-11-13-38(14-12-37)58(55,56)39-27-52(28-39)41(53)10-4-17-50-29-43(46,47)30-50/h3-4,7-8,10-14,23,32-34,39-40H,2,5-6,9,15-22,24-31H2,1H3/b10-4+/t33-,40+,44+/m1/s1. The Morgan fingerprint density at radius 3 is 2.26 bits per heavy atom. The van der Waals surface area contributed by atoms with Crippen molar-refractivity contribution in [2.45, 2.75) is 66.4 Å². The Bertz CT molecular complexity index is 1920. The van der Waals surface area contributed by atoms with Crippen molar-refractivity contribution in [2.75, 3.05) is 97.1 Å². The van der Waals surface area contributed by atoms with Gasteiger partial charge < -0.3 is 24.3 Å². The third-order valence-electron chi connectivity index (χ3n) is 14.2. The number of rotatable bonds is 15. The van der Waals surface area contributed by atoms with E-state index >= 15 is 4.39 Å². The first kappa shape index (κ1) is 41.3. The summed E-state index contributed by atoms with van der Waals surface area (Å²) in [6, 6.07) is 14.4. The van der Waals surface area contributed by atoms with Crippen LogP contribution in [-0.4, -0.2) is 143 Å². The van der Waals surface area contributed by atoms with E-state index in [0.29, 0.717) is 18.3 Å². The maximum absolute atomic E-state index is 15.0. The summed E-state index contributed by atoms with van der Waals surface area (Å²) < 4.78 is 72.9. The molecule has 10 nitrogen and oxygen atoms in total. The van der Waals surface area contributed by atoms with Crippen molar-refractivity contribution in [3.05, 3.63) is 72.1 Å². The van der Waals surface area contributed by atoms with Crippen LogP contribution in [0.1, 0.15) is 50.5 Å². The summed E-state index contributed by atoms with van der Waals surface area (Å²) in [7, 11) is -2.13. The van der Waals surface area contributed by atoms with Gasteiger partial charge in [-0.15, -0.1) is 0 Å². The molecule has 2 aromatic rings. The summed E-state index contributed by atoms with van der Waals surface area (Å²) in [4.78, 5) is 35.8. The normalized spacial score (nSPS) is 26.1. The number of carbonyl (C=O) groups excluding carboxylic acids is 2. The van der Waals surface area contributed by atoms with Crippen LogP contribution < -0.4 is 4.90 Å². The Morgan fingerprint density at radius 1 is 0.897 bits per heavy atom. The number of carbonyl (C=O) groups is 2. The van der Waals surface area contributed by atoms with Crippen LogP contribution >= 0.6 is 0 Å². The molecule has 1 saturated carbocycles. The zero-order valence-corrected chi connectivity index (χ0v) is 34.4. The number of benzene rings is 2. The van der Waals surface area contributed by atoms with Gasteiger partial charge in [0.25, 0.3) is 5.92 Å². The molecule has 8 rings (SSSR count). The Morgan fingerprint density at radius 2 is 1.62 bits per heavy atom. The molecule has 3 atom stereocenters. The maximum atomic E-state index is 15.0. The number of nitrogens with zero attached hydrogens (tertiary/aromatic N) is 5. The molecule has 2 aromatic carbocycles. The van der Waals surface area contributed by atoms with Crippen LogP contribution in [0.3, 0.4) is 0 Å². The van der Waals surface area contributed by atoms with E-state index in [9.17, 15) is 26.8 Å². The SMILES string of the molecule is COC(=O)C[C@H]1CCC[C@@H]1[C@](CN1CCC1)(c1cccc(F)c1)C1CCN(CC2CN(c3ccc(S(=O)(=O)C4CN(C(=O)/C=C/CN5CC(F)(F)C5)C4)cc3)C2)CC1. The molecule has 6 aliphatic rings. The van der Waals surface area contributed by atoms with Crippen molar-refractivity contribution in [3.63, 3.8) is 0 Å². The fraction of sp³-hybridized carbons (Fsp3) is 0.636. The van der Waals surface area contributed by atoms with Crippen LogP contribution in [0.4, 0.5) is 18.9 Å². The lowest BCUT2D eigenvalue weighted by atomic mass is 9.56. The number of hydrogen-bond acceptors (Lipinski definition) is 9. The Hall–Kier alpha value is -3.46. The second kappa shape index (κ2) is 16.9. The number of sulfone groups is 1. The van der Waals surface area contributed by atoms with Crippen LogP contribution in [0, 0.1) is 29.5 Å². The molecule has 0 unspecified atom stereocenters. The van der Waals surface area contributed by atoms with E-state index in [4.69, 9.17) is 4.74 Å². The topological polar surface area (TPSA) is 93.7 Å². The second-order valence-corrected chi connectivity index (χ2v) is 20.2. The first-order valence-electron chi connectivity index (χ1n) is 21.2. The van der Waals surface area contributed by atoms with Crippen molar-refractivity contribution in [1.82, 2.24) is 19.6 Å². The monoisotopic (exact) mass is 825 g/mol. The van der Waals surface area contributed by atoms with Crippen LogP contribution in [0.25, 0.3) is 0 Å². The van der Waals surface area contributed by atoms with Crippen molar-refractivity contribution in [1.29, 1.82) is 0 Å². The first-order chi connectivity index (χ1) is 27.8. The van der Waals surface area contributed by atoms with Crippen molar-refractivity contribution in [3.8, 4) is 0 Å². The fourth-order valence-electron chi connectivity index (χ4n) is 10.9. The zero-order valence-electron chi connectivity index (χ0n) is 33.6. The number of likely N-dealkylation sites (tertiary alicyclic amines) is 4. The van der Waals surface area contributed by atoms with E-state index in [0.717, 1.165) is 95.7 Å². The van der Waals surface area contributed by atoms with Crippen molar-refractivity contribution < 1.29 is 35.9 Å². The average Bonchev–Trinajstić information content (AvgIpc) is 3.60. The summed E-state index contributed by atoms with van der Waals surface area (Å²) in [6.45, 7) is 7.69. The van der Waals surface area contributed by atoms with Crippen LogP contribution in [-0.2, 0) is 29.6 Å². The molecule has 5 saturated heterocycles. The third-order valence-corrected chi connectivity index (χ3v) is 16.3. The highest BCUT2D eigenvalue weighted by atomic mass is 32.2. The molecule has 0 bridgehead atoms. The molecular formula is C44H58F3N5O5S. The second-order valence-electron chi connectivity index (χ2n) is 17.9. The number of anilines is 1. The van der Waals surface area contributed by atoms with Gasteiger partial charge in [0.05, 0.1) is 25.1 Å². The first-order valence-corrected chi connectivity index (χ1v) is 22.8. The number of ether oxygens (including phenoxy) is 1. The van der Waals surface area contributed by atoms with Gasteiger partial charge in [-0.2, -0.15) is 0 Å². The number of amides is 1. The summed E-state index contributed by atoms with van der Waals surface area (Å²) in [5.41, 5.74) is 1.86. The number of methoxy groups -OCH3 is 1. The minimum atomic E-state index is -3.60. The summed E-state index contributed by atoms with van der Waals surface area (Å²) in [5.74, 6) is -1.91. The van der Waals surface area contributed by atoms with E-state index in [1.807, 2.05) is 18.2 Å². The van der Waals surface area contributed by atoms with Gasteiger partial charge in [0.15, 0.2) is 9.84 Å². The number of hydrogen-bond donors (Lipinski definition) is 0. The van der Waals surface area contributed by atoms with Gasteiger partial charge in [-0.05, 0) is 118 Å². The highest BCUT2D eigenvalue weighted by Gasteiger charge is 2.53. The minimum Gasteiger partial charge on any atom is -0.469 e. The molecule has 0 aromatic heterocycles. The summed E-state index contributed by atoms with van der Waals surface area (Å²) in [5, 5.41) is -0.670. The molecule has 5 aliphatic heterocycles. The average molecular weight is 826 g/mol. The van der Waals surface area contributed by atoms with E-state index in [-0.39, 0.29) is 72.6 Å². The quantitative estimate of drug-likeness (QED) is 0.180. The van der Waals surface area contributed by atoms with Crippen LogP contribution in [0.5, 0.6) is 0 Å². The van der Waals surface area contributed by atoms with Crippen LogP contribution in [0.15, 0.2) is 65.6 Å². The maximum Gasteiger partial charge on any atom is 0.305 e. The molecule has 0 N–H and O–H groups in total. The summed E-state index contributed by atoms with van der Waals surface area (Å²) in [6.07, 6.45) is 9.70. The van der Waals surface area contributed by atoms with Gasteiger partial charge >= 0.3 is 5.97 Å². The molecular weight excluding hydrogens is 768 g/mol. The lowest BCUT2D eigenvalue weighted by molar-refractivity contribution is -0.142. The lowest BCUT2D eigenvalue weighted by Gasteiger charge is -2.54. The highest BCUT2D eigenvalue weighted by Crippen LogP contribution is 2.54. The fourth-order valence-corrected chi connectivity index (χ4v) is 12.6. The van der Waals surface area contributed by atoms with E-state index in [2.05, 4.69) is 20.8 Å². The number of alkyl halides is 2. The van der Waals surface area contributed by atoms with Gasteiger partial charge in [-0.3, -0.25) is 14.5 Å². The number of halogens is 3. The molecule has 1 amide bonds. The van der Waals surface area contributed by atoms with E-state index in [1.54, 1.807) is 35.2 Å². The van der Waals surface area contributed by atoms with Gasteiger partial charge in [-0.1, -0.05) is 24.6 Å². The molecule has 6 fully saturated rings. The molecule has 316 valence electrons. The predicted octanol–water partition coefficient (Wildman–Crippen LogP) is 5.09. The zero-order chi connectivity index (χ0) is 40.7. The largest absolute Gasteiger partial charge is 0.469 e. The van der Waals surface area contributed by atoms with E-state index in [1.165, 1.54) is 24.5 Å². The van der Waals surface area contributed by atoms with Gasteiger partial charge in [0.2, 0.25) is 5.91 Å². The van der Waals surface area contributed by atoms with Gasteiger partial charge in [-0.25, -0.2) is 21.6 Å². The van der Waals surface area contributed by atoms with Crippen LogP contribution in [0.2, 0.25) is 0 Å². The summed E-state index contributed by atoms with van der Waals surface area (Å²) >= 11 is 0.